The summed E-state index contributed by atoms with van der Waals surface area (Å²) in [4.78, 5) is 0. The van der Waals surface area contributed by atoms with Gasteiger partial charge in [-0.1, -0.05) is 22.9 Å². The van der Waals surface area contributed by atoms with Crippen LogP contribution in [0.25, 0.3) is 0 Å². The first kappa shape index (κ1) is 8.28. The van der Waals surface area contributed by atoms with Crippen molar-refractivity contribution in [3.05, 3.63) is 22.4 Å². The molecule has 0 aliphatic heterocycles. The number of hydrogen-bond acceptors (Lipinski definition) is 1. The molecule has 1 heterocycles. The summed E-state index contributed by atoms with van der Waals surface area (Å²) in [5.41, 5.74) is 1.47. The van der Waals surface area contributed by atoms with Gasteiger partial charge in [-0.15, -0.1) is 0 Å². The summed E-state index contributed by atoms with van der Waals surface area (Å²) in [6.07, 6.45) is 1.20. The Morgan fingerprint density at radius 2 is 2.50 bits per heavy atom. The van der Waals surface area contributed by atoms with E-state index < -0.39 is 0 Å². The molecule has 0 spiro atoms. The second kappa shape index (κ2) is 4.14. The molecule has 0 aliphatic rings. The van der Waals surface area contributed by atoms with Gasteiger partial charge in [0.05, 0.1) is 0 Å². The van der Waals surface area contributed by atoms with E-state index in [-0.39, 0.29) is 0 Å². The van der Waals surface area contributed by atoms with Crippen molar-refractivity contribution in [3.63, 3.8) is 0 Å². The van der Waals surface area contributed by atoms with Gasteiger partial charge in [0.25, 0.3) is 0 Å². The highest BCUT2D eigenvalue weighted by Crippen LogP contribution is 2.13. The van der Waals surface area contributed by atoms with Crippen molar-refractivity contribution in [1.82, 2.24) is 0 Å². The SMILES string of the molecule is CC(CBr)Cc1ccsc1. The number of rotatable bonds is 3. The summed E-state index contributed by atoms with van der Waals surface area (Å²) < 4.78 is 0. The standard InChI is InChI=1S/C8H11BrS/c1-7(5-9)4-8-2-3-10-6-8/h2-3,6-7H,4-5H2,1H3. The minimum Gasteiger partial charge on any atom is -0.152 e. The van der Waals surface area contributed by atoms with Crippen LogP contribution in [0.4, 0.5) is 0 Å². The third-order valence-electron chi connectivity index (χ3n) is 1.43. The fourth-order valence-electron chi connectivity index (χ4n) is 0.866. The van der Waals surface area contributed by atoms with E-state index in [0.717, 1.165) is 11.2 Å². The van der Waals surface area contributed by atoms with Crippen LogP contribution in [0.3, 0.4) is 0 Å². The van der Waals surface area contributed by atoms with Gasteiger partial charge in [0.15, 0.2) is 0 Å². The van der Waals surface area contributed by atoms with Gasteiger partial charge in [-0.3, -0.25) is 0 Å². The highest BCUT2D eigenvalue weighted by atomic mass is 79.9. The van der Waals surface area contributed by atoms with Crippen LogP contribution < -0.4 is 0 Å². The highest BCUT2D eigenvalue weighted by Gasteiger charge is 2.00. The predicted molar refractivity (Wildman–Crippen MR) is 51.0 cm³/mol. The normalized spacial score (nSPS) is 13.4. The number of alkyl halides is 1. The molecule has 1 aromatic heterocycles. The zero-order valence-corrected chi connectivity index (χ0v) is 8.41. The lowest BCUT2D eigenvalue weighted by atomic mass is 10.1. The van der Waals surface area contributed by atoms with Crippen molar-refractivity contribution in [2.24, 2.45) is 5.92 Å². The quantitative estimate of drug-likeness (QED) is 0.684. The maximum atomic E-state index is 3.46. The Morgan fingerprint density at radius 1 is 1.70 bits per heavy atom. The Balaban J connectivity index is 2.40. The minimum absolute atomic E-state index is 0.759. The average molecular weight is 219 g/mol. The molecule has 0 aliphatic carbocycles. The molecule has 0 N–H and O–H groups in total. The van der Waals surface area contributed by atoms with Crippen molar-refractivity contribution in [3.8, 4) is 0 Å². The van der Waals surface area contributed by atoms with Crippen LogP contribution in [-0.2, 0) is 6.42 Å². The summed E-state index contributed by atoms with van der Waals surface area (Å²) in [6, 6.07) is 2.20. The molecule has 0 bridgehead atoms. The first-order valence-corrected chi connectivity index (χ1v) is 5.46. The maximum Gasteiger partial charge on any atom is 0.00602 e. The van der Waals surface area contributed by atoms with Gasteiger partial charge in [0.1, 0.15) is 0 Å². The van der Waals surface area contributed by atoms with Gasteiger partial charge >= 0.3 is 0 Å². The van der Waals surface area contributed by atoms with Crippen LogP contribution in [0.15, 0.2) is 16.8 Å². The van der Waals surface area contributed by atoms with Gasteiger partial charge in [0, 0.05) is 5.33 Å². The van der Waals surface area contributed by atoms with Gasteiger partial charge in [-0.25, -0.2) is 0 Å². The lowest BCUT2D eigenvalue weighted by molar-refractivity contribution is 0.665. The molecular weight excluding hydrogens is 208 g/mol. The number of hydrogen-bond donors (Lipinski definition) is 0. The fraction of sp³-hybridized carbons (Fsp3) is 0.500. The summed E-state index contributed by atoms with van der Waals surface area (Å²) in [7, 11) is 0. The molecular formula is C8H11BrS. The van der Waals surface area contributed by atoms with Gasteiger partial charge in [0.2, 0.25) is 0 Å². The lowest BCUT2D eigenvalue weighted by Gasteiger charge is -2.03. The predicted octanol–water partition coefficient (Wildman–Crippen LogP) is 3.32. The zero-order valence-electron chi connectivity index (χ0n) is 6.01. The second-order valence-electron chi connectivity index (χ2n) is 2.60. The molecule has 1 atom stereocenters. The third-order valence-corrected chi connectivity index (χ3v) is 3.27. The van der Waals surface area contributed by atoms with Crippen LogP contribution in [0.2, 0.25) is 0 Å². The Hall–Kier alpha value is 0.180. The summed E-state index contributed by atoms with van der Waals surface area (Å²) in [5, 5.41) is 5.46. The van der Waals surface area contributed by atoms with Crippen LogP contribution in [0.5, 0.6) is 0 Å². The average Bonchev–Trinajstić information content (AvgIpc) is 2.40. The molecule has 2 heteroatoms. The van der Waals surface area contributed by atoms with E-state index in [0.29, 0.717) is 0 Å². The van der Waals surface area contributed by atoms with Crippen molar-refractivity contribution in [1.29, 1.82) is 0 Å². The molecule has 1 unspecified atom stereocenters. The van der Waals surface area contributed by atoms with E-state index in [4.69, 9.17) is 0 Å². The Kier molecular flexibility index (Phi) is 3.43. The van der Waals surface area contributed by atoms with E-state index in [2.05, 4.69) is 39.7 Å². The molecule has 0 fully saturated rings. The lowest BCUT2D eigenvalue weighted by Crippen LogP contribution is -1.98. The first-order valence-electron chi connectivity index (χ1n) is 3.40. The largest absolute Gasteiger partial charge is 0.152 e. The molecule has 0 nitrogen and oxygen atoms in total. The molecule has 0 saturated heterocycles. The zero-order chi connectivity index (χ0) is 7.40. The smallest absolute Gasteiger partial charge is 0.00602 e. The second-order valence-corrected chi connectivity index (χ2v) is 4.02. The first-order chi connectivity index (χ1) is 4.83. The van der Waals surface area contributed by atoms with E-state index in [1.807, 2.05) is 0 Å². The topological polar surface area (TPSA) is 0 Å². The third kappa shape index (κ3) is 2.43. The van der Waals surface area contributed by atoms with Crippen LogP contribution in [-0.4, -0.2) is 5.33 Å². The van der Waals surface area contributed by atoms with Crippen LogP contribution in [0, 0.1) is 5.92 Å². The maximum absolute atomic E-state index is 3.46. The van der Waals surface area contributed by atoms with E-state index in [1.54, 1.807) is 11.3 Å². The molecule has 10 heavy (non-hydrogen) atoms. The Labute approximate surface area is 74.4 Å². The van der Waals surface area contributed by atoms with E-state index in [9.17, 15) is 0 Å². The molecule has 0 radical (unpaired) electrons. The molecule has 0 saturated carbocycles. The van der Waals surface area contributed by atoms with Gasteiger partial charge in [-0.05, 0) is 34.7 Å². The summed E-state index contributed by atoms with van der Waals surface area (Å²) >= 11 is 5.24. The molecule has 1 rings (SSSR count). The van der Waals surface area contributed by atoms with Crippen molar-refractivity contribution >= 4 is 27.3 Å². The minimum atomic E-state index is 0.759. The monoisotopic (exact) mass is 218 g/mol. The van der Waals surface area contributed by atoms with Crippen LogP contribution in [0.1, 0.15) is 12.5 Å². The van der Waals surface area contributed by atoms with Crippen molar-refractivity contribution < 1.29 is 0 Å². The van der Waals surface area contributed by atoms with Gasteiger partial charge in [-0.2, -0.15) is 11.3 Å². The fourth-order valence-corrected chi connectivity index (χ4v) is 1.78. The van der Waals surface area contributed by atoms with Crippen molar-refractivity contribution in [2.45, 2.75) is 13.3 Å². The van der Waals surface area contributed by atoms with Crippen LogP contribution >= 0.6 is 27.3 Å². The van der Waals surface area contributed by atoms with E-state index >= 15 is 0 Å². The summed E-state index contributed by atoms with van der Waals surface area (Å²) in [6.45, 7) is 2.26. The van der Waals surface area contributed by atoms with Crippen molar-refractivity contribution in [2.75, 3.05) is 5.33 Å². The molecule has 0 amide bonds. The number of thiophene rings is 1. The molecule has 56 valence electrons. The van der Waals surface area contributed by atoms with E-state index in [1.165, 1.54) is 12.0 Å². The Bertz CT molecular complexity index is 169. The summed E-state index contributed by atoms with van der Waals surface area (Å²) in [5.74, 6) is 0.759. The molecule has 0 aromatic carbocycles. The van der Waals surface area contributed by atoms with Gasteiger partial charge < -0.3 is 0 Å². The Morgan fingerprint density at radius 3 is 3.00 bits per heavy atom. The highest BCUT2D eigenvalue weighted by molar-refractivity contribution is 9.09. The molecule has 1 aromatic rings. The number of halogens is 1.